The normalized spacial score (nSPS) is 16.6. The molecule has 1 aromatic carbocycles. The Labute approximate surface area is 107 Å². The molecule has 1 amide bonds. The van der Waals surface area contributed by atoms with Crippen LogP contribution in [0.1, 0.15) is 12.0 Å². The Balaban J connectivity index is 1.94. The summed E-state index contributed by atoms with van der Waals surface area (Å²) in [5.41, 5.74) is 6.90. The third-order valence-electron chi connectivity index (χ3n) is 3.08. The fourth-order valence-corrected chi connectivity index (χ4v) is 2.05. The van der Waals surface area contributed by atoms with E-state index in [9.17, 15) is 9.90 Å². The van der Waals surface area contributed by atoms with E-state index in [1.807, 2.05) is 6.08 Å². The van der Waals surface area contributed by atoms with Gasteiger partial charge in [0.2, 0.25) is 5.91 Å². The number of hydrogen-bond donors (Lipinski definition) is 2. The Hall–Kier alpha value is -1.81. The molecule has 1 aliphatic rings. The van der Waals surface area contributed by atoms with E-state index in [2.05, 4.69) is 6.08 Å². The van der Waals surface area contributed by atoms with Crippen molar-refractivity contribution >= 4 is 5.91 Å². The van der Waals surface area contributed by atoms with E-state index in [1.165, 1.54) is 0 Å². The minimum absolute atomic E-state index is 0.00701. The summed E-state index contributed by atoms with van der Waals surface area (Å²) >= 11 is 0. The lowest BCUT2D eigenvalue weighted by molar-refractivity contribution is -0.132. The van der Waals surface area contributed by atoms with Crippen LogP contribution in [0.3, 0.4) is 0 Å². The summed E-state index contributed by atoms with van der Waals surface area (Å²) in [7, 11) is 0. The van der Waals surface area contributed by atoms with Gasteiger partial charge in [-0.25, -0.2) is 0 Å². The molecule has 4 heteroatoms. The molecule has 2 rings (SSSR count). The molecule has 1 atom stereocenters. The maximum atomic E-state index is 12.1. The zero-order chi connectivity index (χ0) is 13.0. The van der Waals surface area contributed by atoms with Crippen molar-refractivity contribution in [2.75, 3.05) is 13.1 Å². The smallest absolute Gasteiger partial charge is 0.240 e. The minimum Gasteiger partial charge on any atom is -0.508 e. The Kier molecular flexibility index (Phi) is 3.99. The predicted molar refractivity (Wildman–Crippen MR) is 70.1 cm³/mol. The SMILES string of the molecule is NC(Cc1ccc(O)cc1)C(=O)N1CC=CCC1. The number of carbonyl (C=O) groups is 1. The summed E-state index contributed by atoms with van der Waals surface area (Å²) in [6, 6.07) is 6.28. The van der Waals surface area contributed by atoms with Crippen molar-refractivity contribution in [3.8, 4) is 5.75 Å². The van der Waals surface area contributed by atoms with Gasteiger partial charge in [-0.15, -0.1) is 0 Å². The molecule has 1 aliphatic heterocycles. The maximum absolute atomic E-state index is 12.1. The van der Waals surface area contributed by atoms with Gasteiger partial charge in [-0.2, -0.15) is 0 Å². The lowest BCUT2D eigenvalue weighted by Crippen LogP contribution is -2.46. The van der Waals surface area contributed by atoms with Crippen molar-refractivity contribution in [2.24, 2.45) is 5.73 Å². The van der Waals surface area contributed by atoms with Crippen LogP contribution in [0.15, 0.2) is 36.4 Å². The second-order valence-electron chi connectivity index (χ2n) is 4.52. The van der Waals surface area contributed by atoms with Crippen molar-refractivity contribution < 1.29 is 9.90 Å². The van der Waals surface area contributed by atoms with E-state index >= 15 is 0 Å². The average molecular weight is 246 g/mol. The Bertz CT molecular complexity index is 440. The highest BCUT2D eigenvalue weighted by atomic mass is 16.3. The molecule has 0 bridgehead atoms. The number of nitrogens with zero attached hydrogens (tertiary/aromatic N) is 1. The number of hydrogen-bond acceptors (Lipinski definition) is 3. The Morgan fingerprint density at radius 2 is 2.06 bits per heavy atom. The van der Waals surface area contributed by atoms with E-state index in [4.69, 9.17) is 5.73 Å². The number of amides is 1. The van der Waals surface area contributed by atoms with Crippen molar-refractivity contribution in [1.82, 2.24) is 4.90 Å². The highest BCUT2D eigenvalue weighted by Gasteiger charge is 2.21. The number of phenolic OH excluding ortho intramolecular Hbond substituents is 1. The summed E-state index contributed by atoms with van der Waals surface area (Å²) in [5.74, 6) is 0.215. The fraction of sp³-hybridized carbons (Fsp3) is 0.357. The van der Waals surface area contributed by atoms with Crippen LogP contribution in [0.4, 0.5) is 0 Å². The molecular weight excluding hydrogens is 228 g/mol. The number of rotatable bonds is 3. The lowest BCUT2D eigenvalue weighted by atomic mass is 10.0. The van der Waals surface area contributed by atoms with Gasteiger partial charge in [-0.1, -0.05) is 24.3 Å². The molecule has 18 heavy (non-hydrogen) atoms. The van der Waals surface area contributed by atoms with Crippen LogP contribution in [0.25, 0.3) is 0 Å². The van der Waals surface area contributed by atoms with Crippen molar-refractivity contribution in [3.05, 3.63) is 42.0 Å². The van der Waals surface area contributed by atoms with E-state index in [-0.39, 0.29) is 11.7 Å². The first-order valence-corrected chi connectivity index (χ1v) is 6.14. The van der Waals surface area contributed by atoms with Gasteiger partial charge in [-0.3, -0.25) is 4.79 Å². The fourth-order valence-electron chi connectivity index (χ4n) is 2.05. The van der Waals surface area contributed by atoms with Gasteiger partial charge in [0.25, 0.3) is 0 Å². The highest BCUT2D eigenvalue weighted by molar-refractivity contribution is 5.82. The first-order valence-electron chi connectivity index (χ1n) is 6.14. The van der Waals surface area contributed by atoms with Crippen LogP contribution in [0.2, 0.25) is 0 Å². The lowest BCUT2D eigenvalue weighted by Gasteiger charge is -2.26. The second-order valence-corrected chi connectivity index (χ2v) is 4.52. The van der Waals surface area contributed by atoms with Gasteiger partial charge in [0.05, 0.1) is 6.04 Å². The van der Waals surface area contributed by atoms with Crippen LogP contribution in [0, 0.1) is 0 Å². The number of carbonyl (C=O) groups excluding carboxylic acids is 1. The predicted octanol–water partition coefficient (Wildman–Crippen LogP) is 1.05. The third kappa shape index (κ3) is 3.11. The molecule has 0 aromatic heterocycles. The average Bonchev–Trinajstić information content (AvgIpc) is 2.41. The van der Waals surface area contributed by atoms with E-state index in [1.54, 1.807) is 29.2 Å². The molecule has 1 aromatic rings. The molecule has 0 fully saturated rings. The molecule has 0 aliphatic carbocycles. The molecule has 0 radical (unpaired) electrons. The molecule has 0 saturated carbocycles. The van der Waals surface area contributed by atoms with Gasteiger partial charge >= 0.3 is 0 Å². The number of aromatic hydroxyl groups is 1. The Morgan fingerprint density at radius 1 is 1.33 bits per heavy atom. The number of nitrogens with two attached hydrogens (primary N) is 1. The van der Waals surface area contributed by atoms with Gasteiger partial charge < -0.3 is 15.7 Å². The molecule has 1 unspecified atom stereocenters. The van der Waals surface area contributed by atoms with E-state index in [0.717, 1.165) is 18.5 Å². The summed E-state index contributed by atoms with van der Waals surface area (Å²) < 4.78 is 0. The third-order valence-corrected chi connectivity index (χ3v) is 3.08. The standard InChI is InChI=1S/C14H18N2O2/c15-13(10-11-4-6-12(17)7-5-11)14(18)16-8-2-1-3-9-16/h1-2,4-7,13,17H,3,8-10,15H2. The molecule has 96 valence electrons. The molecular formula is C14H18N2O2. The van der Waals surface area contributed by atoms with Gasteiger partial charge in [0, 0.05) is 13.1 Å². The highest BCUT2D eigenvalue weighted by Crippen LogP contribution is 2.12. The number of phenols is 1. The van der Waals surface area contributed by atoms with Gasteiger partial charge in [0.15, 0.2) is 0 Å². The van der Waals surface area contributed by atoms with E-state index < -0.39 is 6.04 Å². The van der Waals surface area contributed by atoms with Crippen LogP contribution >= 0.6 is 0 Å². The van der Waals surface area contributed by atoms with Crippen LogP contribution in [-0.4, -0.2) is 35.0 Å². The first kappa shape index (κ1) is 12.6. The molecule has 0 saturated heterocycles. The van der Waals surface area contributed by atoms with Gasteiger partial charge in [-0.05, 0) is 30.5 Å². The second kappa shape index (κ2) is 5.69. The largest absolute Gasteiger partial charge is 0.508 e. The summed E-state index contributed by atoms with van der Waals surface area (Å²) in [4.78, 5) is 13.9. The van der Waals surface area contributed by atoms with E-state index in [0.29, 0.717) is 13.0 Å². The maximum Gasteiger partial charge on any atom is 0.240 e. The van der Waals surface area contributed by atoms with Crippen LogP contribution in [-0.2, 0) is 11.2 Å². The molecule has 1 heterocycles. The molecule has 0 spiro atoms. The number of benzene rings is 1. The summed E-state index contributed by atoms with van der Waals surface area (Å²) in [5, 5.41) is 9.19. The van der Waals surface area contributed by atoms with Crippen LogP contribution in [0.5, 0.6) is 5.75 Å². The first-order chi connectivity index (χ1) is 8.66. The molecule has 4 nitrogen and oxygen atoms in total. The molecule has 3 N–H and O–H groups in total. The monoisotopic (exact) mass is 246 g/mol. The summed E-state index contributed by atoms with van der Waals surface area (Å²) in [6.07, 6.45) is 5.47. The van der Waals surface area contributed by atoms with Crippen molar-refractivity contribution in [3.63, 3.8) is 0 Å². The summed E-state index contributed by atoms with van der Waals surface area (Å²) in [6.45, 7) is 1.40. The van der Waals surface area contributed by atoms with Crippen molar-refractivity contribution in [1.29, 1.82) is 0 Å². The quantitative estimate of drug-likeness (QED) is 0.783. The van der Waals surface area contributed by atoms with Crippen LogP contribution < -0.4 is 5.73 Å². The van der Waals surface area contributed by atoms with Gasteiger partial charge in [0.1, 0.15) is 5.75 Å². The topological polar surface area (TPSA) is 66.6 Å². The zero-order valence-corrected chi connectivity index (χ0v) is 10.2. The van der Waals surface area contributed by atoms with Crippen molar-refractivity contribution in [2.45, 2.75) is 18.9 Å². The Morgan fingerprint density at radius 3 is 2.67 bits per heavy atom. The minimum atomic E-state index is -0.513. The zero-order valence-electron chi connectivity index (χ0n) is 10.2.